The summed E-state index contributed by atoms with van der Waals surface area (Å²) in [6.45, 7) is 2.13. The van der Waals surface area contributed by atoms with Crippen LogP contribution >= 0.6 is 0 Å². The summed E-state index contributed by atoms with van der Waals surface area (Å²) in [7, 11) is 3.07. The van der Waals surface area contributed by atoms with Crippen LogP contribution in [0.3, 0.4) is 0 Å². The summed E-state index contributed by atoms with van der Waals surface area (Å²) in [6, 6.07) is 11.6. The van der Waals surface area contributed by atoms with Crippen LogP contribution in [0.1, 0.15) is 36.5 Å². The molecule has 1 N–H and O–H groups in total. The number of ether oxygens (including phenoxy) is 2. The molecule has 1 aliphatic heterocycles. The van der Waals surface area contributed by atoms with Crippen LogP contribution < -0.4 is 19.7 Å². The molecule has 1 aliphatic carbocycles. The van der Waals surface area contributed by atoms with Crippen LogP contribution in [0.4, 0.5) is 11.4 Å². The van der Waals surface area contributed by atoms with E-state index >= 15 is 0 Å². The summed E-state index contributed by atoms with van der Waals surface area (Å²) in [5.74, 6) is 0.554. The van der Waals surface area contributed by atoms with Crippen molar-refractivity contribution in [2.45, 2.75) is 26.2 Å². The molecule has 31 heavy (non-hydrogen) atoms. The minimum Gasteiger partial charge on any atom is -0.497 e. The number of imide groups is 1. The third kappa shape index (κ3) is 3.87. The number of methoxy groups -OCH3 is 2. The van der Waals surface area contributed by atoms with Crippen LogP contribution in [0, 0.1) is 17.8 Å². The van der Waals surface area contributed by atoms with Gasteiger partial charge in [-0.1, -0.05) is 6.92 Å². The molecule has 1 heterocycles. The number of nitrogens with zero attached hydrogens (tertiary/aromatic N) is 1. The molecule has 162 valence electrons. The van der Waals surface area contributed by atoms with Crippen molar-refractivity contribution in [2.24, 2.45) is 17.8 Å². The van der Waals surface area contributed by atoms with Crippen molar-refractivity contribution >= 4 is 29.1 Å². The number of carbonyl (C=O) groups excluding carboxylic acids is 3. The number of hydrogen-bond donors (Lipinski definition) is 1. The molecule has 2 fully saturated rings. The van der Waals surface area contributed by atoms with Crippen molar-refractivity contribution < 1.29 is 23.9 Å². The van der Waals surface area contributed by atoms with E-state index in [0.29, 0.717) is 34.4 Å². The maximum atomic E-state index is 12.9. The Labute approximate surface area is 181 Å². The minimum atomic E-state index is -0.323. The van der Waals surface area contributed by atoms with Crippen LogP contribution in [0.5, 0.6) is 11.5 Å². The van der Waals surface area contributed by atoms with E-state index in [9.17, 15) is 14.4 Å². The second kappa shape index (κ2) is 8.41. The molecule has 3 amide bonds. The number of rotatable bonds is 5. The normalized spacial score (nSPS) is 22.8. The first kappa shape index (κ1) is 20.9. The molecular weight excluding hydrogens is 396 g/mol. The molecule has 0 bridgehead atoms. The van der Waals surface area contributed by atoms with Crippen LogP contribution in [0.25, 0.3) is 0 Å². The first-order chi connectivity index (χ1) is 14.9. The van der Waals surface area contributed by atoms with Gasteiger partial charge in [-0.25, -0.2) is 0 Å². The maximum Gasteiger partial charge on any atom is 0.255 e. The molecule has 7 heteroatoms. The van der Waals surface area contributed by atoms with E-state index in [-0.39, 0.29) is 29.6 Å². The molecule has 1 saturated carbocycles. The fraction of sp³-hybridized carbons (Fsp3) is 0.375. The zero-order valence-electron chi connectivity index (χ0n) is 17.9. The minimum absolute atomic E-state index is 0.123. The number of amides is 3. The molecule has 0 unspecified atom stereocenters. The van der Waals surface area contributed by atoms with Gasteiger partial charge in [0.15, 0.2) is 0 Å². The predicted octanol–water partition coefficient (Wildman–Crippen LogP) is 3.88. The van der Waals surface area contributed by atoms with Crippen LogP contribution in [0.2, 0.25) is 0 Å². The van der Waals surface area contributed by atoms with Crippen LogP contribution in [-0.4, -0.2) is 31.9 Å². The third-order valence-electron chi connectivity index (χ3n) is 6.23. The average Bonchev–Trinajstić information content (AvgIpc) is 3.03. The van der Waals surface area contributed by atoms with Crippen molar-refractivity contribution in [1.82, 2.24) is 0 Å². The van der Waals surface area contributed by atoms with Gasteiger partial charge in [-0.15, -0.1) is 0 Å². The fourth-order valence-electron chi connectivity index (χ4n) is 4.50. The van der Waals surface area contributed by atoms with Gasteiger partial charge >= 0.3 is 0 Å². The zero-order chi connectivity index (χ0) is 22.1. The molecule has 1 saturated heterocycles. The number of carbonyl (C=O) groups is 3. The van der Waals surface area contributed by atoms with Gasteiger partial charge in [0.25, 0.3) is 5.91 Å². The maximum absolute atomic E-state index is 12.9. The molecule has 2 aromatic carbocycles. The van der Waals surface area contributed by atoms with Crippen LogP contribution in [-0.2, 0) is 9.59 Å². The fourth-order valence-corrected chi connectivity index (χ4v) is 4.50. The third-order valence-corrected chi connectivity index (χ3v) is 6.23. The highest BCUT2D eigenvalue weighted by molar-refractivity contribution is 6.22. The van der Waals surface area contributed by atoms with Crippen molar-refractivity contribution in [3.05, 3.63) is 48.0 Å². The molecule has 7 nitrogen and oxygen atoms in total. The van der Waals surface area contributed by atoms with Crippen molar-refractivity contribution in [1.29, 1.82) is 0 Å². The van der Waals surface area contributed by atoms with E-state index in [1.165, 1.54) is 12.0 Å². The van der Waals surface area contributed by atoms with Gasteiger partial charge in [-0.2, -0.15) is 0 Å². The number of benzene rings is 2. The Balaban J connectivity index is 1.50. The second-order valence-corrected chi connectivity index (χ2v) is 8.21. The molecule has 2 aliphatic rings. The number of fused-ring (bicyclic) bond motifs is 1. The largest absolute Gasteiger partial charge is 0.497 e. The lowest BCUT2D eigenvalue weighted by Gasteiger charge is -2.25. The van der Waals surface area contributed by atoms with Crippen molar-refractivity contribution in [3.8, 4) is 11.5 Å². The molecule has 0 aromatic heterocycles. The summed E-state index contributed by atoms with van der Waals surface area (Å²) < 4.78 is 10.5. The monoisotopic (exact) mass is 422 g/mol. The summed E-state index contributed by atoms with van der Waals surface area (Å²) in [6.07, 6.45) is 2.50. The van der Waals surface area contributed by atoms with Crippen molar-refractivity contribution in [2.75, 3.05) is 24.4 Å². The van der Waals surface area contributed by atoms with E-state index in [1.807, 2.05) is 0 Å². The topological polar surface area (TPSA) is 84.9 Å². The molecule has 0 spiro atoms. The average molecular weight is 422 g/mol. The predicted molar refractivity (Wildman–Crippen MR) is 116 cm³/mol. The Morgan fingerprint density at radius 2 is 1.68 bits per heavy atom. The van der Waals surface area contributed by atoms with Crippen molar-refractivity contribution in [3.63, 3.8) is 0 Å². The van der Waals surface area contributed by atoms with Gasteiger partial charge in [0, 0.05) is 11.6 Å². The highest BCUT2D eigenvalue weighted by Gasteiger charge is 2.49. The van der Waals surface area contributed by atoms with Crippen LogP contribution in [0.15, 0.2) is 42.5 Å². The second-order valence-electron chi connectivity index (χ2n) is 8.21. The van der Waals surface area contributed by atoms with Gasteiger partial charge in [0.05, 0.1) is 37.4 Å². The van der Waals surface area contributed by atoms with Gasteiger partial charge < -0.3 is 14.8 Å². The number of nitrogens with one attached hydrogen (secondary N) is 1. The zero-order valence-corrected chi connectivity index (χ0v) is 17.9. The highest BCUT2D eigenvalue weighted by atomic mass is 16.5. The summed E-state index contributed by atoms with van der Waals surface area (Å²) in [5, 5.41) is 2.81. The Morgan fingerprint density at radius 1 is 0.968 bits per heavy atom. The summed E-state index contributed by atoms with van der Waals surface area (Å²) in [5.41, 5.74) is 1.43. The lowest BCUT2D eigenvalue weighted by Crippen LogP contribution is -2.30. The standard InChI is InChI=1S/C24H26N2O5/c1-14-4-10-18-19(12-14)24(29)26(23(18)28)16-7-5-15(6-8-16)22(27)25-20-11-9-17(30-2)13-21(20)31-3/h5-9,11,13-14,18-19H,4,10,12H2,1-3H3,(H,25,27)/t14-,18-,19-/m1/s1. The quantitative estimate of drug-likeness (QED) is 0.739. The van der Waals surface area contributed by atoms with E-state index in [2.05, 4.69) is 12.2 Å². The van der Waals surface area contributed by atoms with Gasteiger partial charge in [-0.05, 0) is 61.6 Å². The SMILES string of the molecule is COc1ccc(NC(=O)c2ccc(N3C(=O)[C@@H]4CC[C@@H](C)C[C@H]4C3=O)cc2)c(OC)c1. The van der Waals surface area contributed by atoms with E-state index in [0.717, 1.165) is 19.3 Å². The van der Waals surface area contributed by atoms with Gasteiger partial charge in [0.2, 0.25) is 11.8 Å². The van der Waals surface area contributed by atoms with E-state index in [1.54, 1.807) is 49.6 Å². The number of anilines is 2. The Bertz CT molecular complexity index is 1020. The number of hydrogen-bond acceptors (Lipinski definition) is 5. The summed E-state index contributed by atoms with van der Waals surface area (Å²) in [4.78, 5) is 39.7. The molecular formula is C24H26N2O5. The highest BCUT2D eigenvalue weighted by Crippen LogP contribution is 2.42. The van der Waals surface area contributed by atoms with E-state index < -0.39 is 0 Å². The Hall–Kier alpha value is -3.35. The Kier molecular flexibility index (Phi) is 5.67. The van der Waals surface area contributed by atoms with Gasteiger partial charge in [0.1, 0.15) is 11.5 Å². The molecule has 0 radical (unpaired) electrons. The molecule has 3 atom stereocenters. The van der Waals surface area contributed by atoms with Gasteiger partial charge in [-0.3, -0.25) is 19.3 Å². The smallest absolute Gasteiger partial charge is 0.255 e. The first-order valence-corrected chi connectivity index (χ1v) is 10.4. The lowest BCUT2D eigenvalue weighted by atomic mass is 9.76. The molecule has 2 aromatic rings. The molecule has 4 rings (SSSR count). The van der Waals surface area contributed by atoms with E-state index in [4.69, 9.17) is 9.47 Å². The summed E-state index contributed by atoms with van der Waals surface area (Å²) >= 11 is 0. The lowest BCUT2D eigenvalue weighted by molar-refractivity contribution is -0.122. The first-order valence-electron chi connectivity index (χ1n) is 10.4. The Morgan fingerprint density at radius 3 is 2.35 bits per heavy atom.